The normalized spacial score (nSPS) is 12.0. The van der Waals surface area contributed by atoms with Gasteiger partial charge in [-0.2, -0.15) is 5.10 Å². The molecule has 0 spiro atoms. The molecule has 5 nitrogen and oxygen atoms in total. The first kappa shape index (κ1) is 15.8. The highest BCUT2D eigenvalue weighted by molar-refractivity contribution is 5.13. The first-order valence-electron chi connectivity index (χ1n) is 7.66. The van der Waals surface area contributed by atoms with Crippen LogP contribution in [0.15, 0.2) is 16.7 Å². The predicted octanol–water partition coefficient (Wildman–Crippen LogP) is 2.93. The SMILES string of the molecule is CCc1cc(CC)n(Cc2cc(CNC(C)(C)C)no2)n1. The molecule has 0 bridgehead atoms. The van der Waals surface area contributed by atoms with Crippen molar-refractivity contribution in [3.63, 3.8) is 0 Å². The molecular weight excluding hydrogens is 264 g/mol. The van der Waals surface area contributed by atoms with Gasteiger partial charge in [0.1, 0.15) is 6.54 Å². The largest absolute Gasteiger partial charge is 0.359 e. The van der Waals surface area contributed by atoms with E-state index in [2.05, 4.69) is 56.3 Å². The van der Waals surface area contributed by atoms with Gasteiger partial charge in [0.25, 0.3) is 0 Å². The van der Waals surface area contributed by atoms with Crippen molar-refractivity contribution in [2.24, 2.45) is 0 Å². The summed E-state index contributed by atoms with van der Waals surface area (Å²) in [5, 5.41) is 12.1. The fourth-order valence-corrected chi connectivity index (χ4v) is 2.13. The summed E-state index contributed by atoms with van der Waals surface area (Å²) in [7, 11) is 0. The minimum absolute atomic E-state index is 0.0759. The van der Waals surface area contributed by atoms with Gasteiger partial charge < -0.3 is 9.84 Å². The Morgan fingerprint density at radius 3 is 2.52 bits per heavy atom. The quantitative estimate of drug-likeness (QED) is 0.888. The van der Waals surface area contributed by atoms with Crippen molar-refractivity contribution in [2.45, 2.75) is 66.1 Å². The van der Waals surface area contributed by atoms with Crippen LogP contribution in [0, 0.1) is 0 Å². The smallest absolute Gasteiger partial charge is 0.158 e. The van der Waals surface area contributed by atoms with E-state index in [4.69, 9.17) is 4.52 Å². The van der Waals surface area contributed by atoms with Crippen LogP contribution in [0.5, 0.6) is 0 Å². The molecule has 0 saturated carbocycles. The molecule has 0 aliphatic rings. The van der Waals surface area contributed by atoms with Gasteiger partial charge >= 0.3 is 0 Å². The van der Waals surface area contributed by atoms with E-state index in [0.717, 1.165) is 30.0 Å². The zero-order chi connectivity index (χ0) is 15.5. The zero-order valence-electron chi connectivity index (χ0n) is 13.7. The Labute approximate surface area is 126 Å². The van der Waals surface area contributed by atoms with Crippen LogP contribution in [0.4, 0.5) is 0 Å². The standard InChI is InChI=1S/C16H26N4O/c1-6-12-8-14(7-2)20(18-12)11-15-9-13(19-21-15)10-17-16(3,4)5/h8-9,17H,6-7,10-11H2,1-5H3. The fourth-order valence-electron chi connectivity index (χ4n) is 2.13. The summed E-state index contributed by atoms with van der Waals surface area (Å²) < 4.78 is 7.44. The van der Waals surface area contributed by atoms with Crippen molar-refractivity contribution >= 4 is 0 Å². The summed E-state index contributed by atoms with van der Waals surface area (Å²) in [4.78, 5) is 0. The minimum Gasteiger partial charge on any atom is -0.359 e. The van der Waals surface area contributed by atoms with Crippen molar-refractivity contribution in [3.8, 4) is 0 Å². The van der Waals surface area contributed by atoms with Gasteiger partial charge in [-0.15, -0.1) is 0 Å². The molecule has 2 heterocycles. The maximum absolute atomic E-state index is 5.43. The third kappa shape index (κ3) is 4.43. The van der Waals surface area contributed by atoms with E-state index in [0.29, 0.717) is 13.1 Å². The van der Waals surface area contributed by atoms with Crippen molar-refractivity contribution in [1.29, 1.82) is 0 Å². The molecule has 0 unspecified atom stereocenters. The number of rotatable bonds is 6. The molecule has 0 aliphatic carbocycles. The lowest BCUT2D eigenvalue weighted by molar-refractivity contribution is 0.355. The van der Waals surface area contributed by atoms with Gasteiger partial charge in [-0.25, -0.2) is 0 Å². The van der Waals surface area contributed by atoms with E-state index in [1.54, 1.807) is 0 Å². The monoisotopic (exact) mass is 290 g/mol. The first-order valence-corrected chi connectivity index (χ1v) is 7.66. The van der Waals surface area contributed by atoms with Gasteiger partial charge in [-0.1, -0.05) is 19.0 Å². The van der Waals surface area contributed by atoms with E-state index in [1.165, 1.54) is 5.69 Å². The minimum atomic E-state index is 0.0759. The number of hydrogen-bond donors (Lipinski definition) is 1. The lowest BCUT2D eigenvalue weighted by Crippen LogP contribution is -2.35. The van der Waals surface area contributed by atoms with Crippen molar-refractivity contribution in [2.75, 3.05) is 0 Å². The van der Waals surface area contributed by atoms with Gasteiger partial charge in [0.2, 0.25) is 0 Å². The molecule has 1 N–H and O–H groups in total. The molecule has 0 aromatic carbocycles. The average Bonchev–Trinajstić information content (AvgIpc) is 3.02. The van der Waals surface area contributed by atoms with Crippen LogP contribution in [-0.2, 0) is 25.9 Å². The maximum Gasteiger partial charge on any atom is 0.158 e. The Hall–Kier alpha value is -1.62. The number of nitrogens with zero attached hydrogens (tertiary/aromatic N) is 3. The summed E-state index contributed by atoms with van der Waals surface area (Å²) in [5.74, 6) is 0.848. The number of aromatic nitrogens is 3. The van der Waals surface area contributed by atoms with E-state index in [1.807, 2.05) is 10.7 Å². The Kier molecular flexibility index (Phi) is 4.83. The molecule has 116 valence electrons. The number of aryl methyl sites for hydroxylation is 2. The summed E-state index contributed by atoms with van der Waals surface area (Å²) in [6.45, 7) is 12.0. The molecule has 0 aliphatic heterocycles. The molecule has 0 atom stereocenters. The number of hydrogen-bond acceptors (Lipinski definition) is 4. The van der Waals surface area contributed by atoms with E-state index in [-0.39, 0.29) is 5.54 Å². The van der Waals surface area contributed by atoms with E-state index in [9.17, 15) is 0 Å². The van der Waals surface area contributed by atoms with Gasteiger partial charge in [0, 0.05) is 23.8 Å². The molecule has 5 heteroatoms. The van der Waals surface area contributed by atoms with Gasteiger partial charge in [-0.3, -0.25) is 4.68 Å². The summed E-state index contributed by atoms with van der Waals surface area (Å²) in [6, 6.07) is 4.17. The van der Waals surface area contributed by atoms with Gasteiger partial charge in [-0.05, 0) is 39.7 Å². The Bertz CT molecular complexity index is 577. The van der Waals surface area contributed by atoms with Crippen molar-refractivity contribution in [3.05, 3.63) is 35.0 Å². The molecule has 2 aromatic heterocycles. The molecule has 2 rings (SSSR count). The maximum atomic E-state index is 5.43. The summed E-state index contributed by atoms with van der Waals surface area (Å²) >= 11 is 0. The lowest BCUT2D eigenvalue weighted by Gasteiger charge is -2.19. The highest BCUT2D eigenvalue weighted by Crippen LogP contribution is 2.12. The first-order chi connectivity index (χ1) is 9.91. The van der Waals surface area contributed by atoms with E-state index < -0.39 is 0 Å². The van der Waals surface area contributed by atoms with Crippen LogP contribution in [0.3, 0.4) is 0 Å². The van der Waals surface area contributed by atoms with Crippen LogP contribution in [0.25, 0.3) is 0 Å². The highest BCUT2D eigenvalue weighted by atomic mass is 16.5. The second-order valence-electron chi connectivity index (χ2n) is 6.38. The Balaban J connectivity index is 2.03. The third-order valence-corrected chi connectivity index (χ3v) is 3.35. The molecule has 2 aromatic rings. The number of nitrogens with one attached hydrogen (secondary N) is 1. The topological polar surface area (TPSA) is 55.9 Å². The Morgan fingerprint density at radius 2 is 1.90 bits per heavy atom. The molecule has 0 saturated heterocycles. The van der Waals surface area contributed by atoms with Crippen LogP contribution >= 0.6 is 0 Å². The molecule has 21 heavy (non-hydrogen) atoms. The van der Waals surface area contributed by atoms with Crippen molar-refractivity contribution < 1.29 is 4.52 Å². The van der Waals surface area contributed by atoms with Gasteiger partial charge in [0.05, 0.1) is 11.4 Å². The second kappa shape index (κ2) is 6.43. The van der Waals surface area contributed by atoms with Crippen LogP contribution < -0.4 is 5.32 Å². The fraction of sp³-hybridized carbons (Fsp3) is 0.625. The van der Waals surface area contributed by atoms with Crippen molar-refractivity contribution in [1.82, 2.24) is 20.3 Å². The predicted molar refractivity (Wildman–Crippen MR) is 83.2 cm³/mol. The Morgan fingerprint density at radius 1 is 1.14 bits per heavy atom. The van der Waals surface area contributed by atoms with Crippen LogP contribution in [0.2, 0.25) is 0 Å². The lowest BCUT2D eigenvalue weighted by atomic mass is 10.1. The average molecular weight is 290 g/mol. The third-order valence-electron chi connectivity index (χ3n) is 3.35. The van der Waals surface area contributed by atoms with Crippen LogP contribution in [0.1, 0.15) is 57.5 Å². The summed E-state index contributed by atoms with van der Waals surface area (Å²) in [5.41, 5.74) is 3.37. The second-order valence-corrected chi connectivity index (χ2v) is 6.38. The zero-order valence-corrected chi connectivity index (χ0v) is 13.7. The molecular formula is C16H26N4O. The molecule has 0 radical (unpaired) electrons. The van der Waals surface area contributed by atoms with Gasteiger partial charge in [0.15, 0.2) is 5.76 Å². The summed E-state index contributed by atoms with van der Waals surface area (Å²) in [6.07, 6.45) is 1.93. The van der Waals surface area contributed by atoms with E-state index >= 15 is 0 Å². The molecule has 0 fully saturated rings. The highest BCUT2D eigenvalue weighted by Gasteiger charge is 2.12. The van der Waals surface area contributed by atoms with Crippen LogP contribution in [-0.4, -0.2) is 20.5 Å². The molecule has 0 amide bonds.